The fourth-order valence-corrected chi connectivity index (χ4v) is 5.26. The number of likely N-dealkylation sites (tertiary alicyclic amines) is 1. The van der Waals surface area contributed by atoms with Gasteiger partial charge in [-0.05, 0) is 68.7 Å². The van der Waals surface area contributed by atoms with Crippen LogP contribution in [0.3, 0.4) is 0 Å². The van der Waals surface area contributed by atoms with E-state index >= 15 is 0 Å². The second-order valence-corrected chi connectivity index (χ2v) is 9.34. The van der Waals surface area contributed by atoms with E-state index < -0.39 is 0 Å². The zero-order valence-electron chi connectivity index (χ0n) is 17.6. The Kier molecular flexibility index (Phi) is 6.37. The summed E-state index contributed by atoms with van der Waals surface area (Å²) >= 11 is 0. The highest BCUT2D eigenvalue weighted by Gasteiger charge is 2.32. The third kappa shape index (κ3) is 4.60. The summed E-state index contributed by atoms with van der Waals surface area (Å²) in [4.78, 5) is 17.6. The molecule has 2 saturated heterocycles. The van der Waals surface area contributed by atoms with Gasteiger partial charge in [0.1, 0.15) is 0 Å². The van der Waals surface area contributed by atoms with E-state index in [-0.39, 0.29) is 12.0 Å². The van der Waals surface area contributed by atoms with E-state index in [1.807, 2.05) is 13.8 Å². The molecule has 3 aliphatic rings. The number of hydrogen-bond donors (Lipinski definition) is 0. The lowest BCUT2D eigenvalue weighted by Gasteiger charge is -2.38. The van der Waals surface area contributed by atoms with Gasteiger partial charge in [0.2, 0.25) is 5.91 Å². The average molecular weight is 385 g/mol. The second-order valence-electron chi connectivity index (χ2n) is 9.34. The summed E-state index contributed by atoms with van der Waals surface area (Å²) in [7, 11) is 0. The molecule has 0 radical (unpaired) electrons. The Labute approximate surface area is 170 Å². The molecule has 0 saturated carbocycles. The standard InChI is InChI=1S/C24H36N2O2/c1-18(2)24(27)26(17-23-8-5-13-28-23)16-19-9-11-25(12-10-19)22-14-20-6-3-4-7-21(20)15-22/h3-4,6-7,18-19,22-23H,5,8-17H2,1-2H3/t23-/m0/s1. The van der Waals surface area contributed by atoms with E-state index in [9.17, 15) is 4.79 Å². The van der Waals surface area contributed by atoms with Gasteiger partial charge in [0.05, 0.1) is 6.10 Å². The van der Waals surface area contributed by atoms with Crippen molar-refractivity contribution in [3.63, 3.8) is 0 Å². The number of hydrogen-bond acceptors (Lipinski definition) is 3. The van der Waals surface area contributed by atoms with Crippen molar-refractivity contribution in [3.05, 3.63) is 35.4 Å². The molecule has 28 heavy (non-hydrogen) atoms. The maximum absolute atomic E-state index is 12.8. The molecule has 2 heterocycles. The van der Waals surface area contributed by atoms with Crippen LogP contribution < -0.4 is 0 Å². The minimum absolute atomic E-state index is 0.0680. The van der Waals surface area contributed by atoms with Crippen molar-refractivity contribution >= 4 is 5.91 Å². The number of carbonyl (C=O) groups is 1. The fourth-order valence-electron chi connectivity index (χ4n) is 5.26. The summed E-state index contributed by atoms with van der Waals surface area (Å²) in [6.45, 7) is 8.94. The topological polar surface area (TPSA) is 32.8 Å². The first-order valence-electron chi connectivity index (χ1n) is 11.3. The molecule has 4 nitrogen and oxygen atoms in total. The van der Waals surface area contributed by atoms with Gasteiger partial charge < -0.3 is 9.64 Å². The van der Waals surface area contributed by atoms with Gasteiger partial charge in [-0.1, -0.05) is 38.1 Å². The maximum atomic E-state index is 12.8. The zero-order chi connectivity index (χ0) is 19.5. The van der Waals surface area contributed by atoms with E-state index in [0.29, 0.717) is 17.9 Å². The predicted octanol–water partition coefficient (Wildman–Crippen LogP) is 3.53. The number of nitrogens with zero attached hydrogens (tertiary/aromatic N) is 2. The molecular formula is C24H36N2O2. The monoisotopic (exact) mass is 384 g/mol. The normalized spacial score (nSPS) is 24.0. The van der Waals surface area contributed by atoms with Crippen LogP contribution >= 0.6 is 0 Å². The van der Waals surface area contributed by atoms with Crippen molar-refractivity contribution in [3.8, 4) is 0 Å². The largest absolute Gasteiger partial charge is 0.376 e. The first kappa shape index (κ1) is 19.9. The summed E-state index contributed by atoms with van der Waals surface area (Å²) in [5, 5.41) is 0. The van der Waals surface area contributed by atoms with Crippen molar-refractivity contribution in [1.29, 1.82) is 0 Å². The van der Waals surface area contributed by atoms with Crippen LogP contribution in [0.5, 0.6) is 0 Å². The Morgan fingerprint density at radius 2 is 1.79 bits per heavy atom. The zero-order valence-corrected chi connectivity index (χ0v) is 17.6. The second kappa shape index (κ2) is 8.96. The third-order valence-corrected chi connectivity index (χ3v) is 6.93. The van der Waals surface area contributed by atoms with Crippen LogP contribution in [0.15, 0.2) is 24.3 Å². The van der Waals surface area contributed by atoms with E-state index in [2.05, 4.69) is 34.1 Å². The van der Waals surface area contributed by atoms with Gasteiger partial charge in [-0.2, -0.15) is 0 Å². The molecule has 1 aromatic rings. The van der Waals surface area contributed by atoms with Gasteiger partial charge in [-0.3, -0.25) is 9.69 Å². The minimum Gasteiger partial charge on any atom is -0.376 e. The van der Waals surface area contributed by atoms with E-state index in [1.165, 1.54) is 38.8 Å². The molecule has 1 atom stereocenters. The molecule has 4 rings (SSSR count). The Bertz CT molecular complexity index is 635. The predicted molar refractivity (Wildman–Crippen MR) is 112 cm³/mol. The Morgan fingerprint density at radius 3 is 2.36 bits per heavy atom. The van der Waals surface area contributed by atoms with Gasteiger partial charge in [0.25, 0.3) is 0 Å². The number of benzene rings is 1. The highest BCUT2D eigenvalue weighted by molar-refractivity contribution is 5.78. The van der Waals surface area contributed by atoms with Crippen molar-refractivity contribution in [1.82, 2.24) is 9.80 Å². The van der Waals surface area contributed by atoms with E-state index in [4.69, 9.17) is 4.74 Å². The molecule has 0 N–H and O–H groups in total. The SMILES string of the molecule is CC(C)C(=O)N(CC1CCN(C2Cc3ccccc3C2)CC1)C[C@@H]1CCCO1. The molecule has 1 amide bonds. The number of piperidine rings is 1. The van der Waals surface area contributed by atoms with Gasteiger partial charge in [0, 0.05) is 31.7 Å². The summed E-state index contributed by atoms with van der Waals surface area (Å²) in [5.74, 6) is 0.992. The molecule has 1 aliphatic carbocycles. The molecule has 0 unspecified atom stereocenters. The maximum Gasteiger partial charge on any atom is 0.225 e. The number of amides is 1. The number of carbonyl (C=O) groups excluding carboxylic acids is 1. The third-order valence-electron chi connectivity index (χ3n) is 6.93. The minimum atomic E-state index is 0.0680. The highest BCUT2D eigenvalue weighted by atomic mass is 16.5. The first-order chi connectivity index (χ1) is 13.6. The van der Waals surface area contributed by atoms with Crippen LogP contribution in [-0.4, -0.2) is 60.6 Å². The Balaban J connectivity index is 1.29. The summed E-state index contributed by atoms with van der Waals surface area (Å²) < 4.78 is 5.82. The van der Waals surface area contributed by atoms with Crippen LogP contribution in [0, 0.1) is 11.8 Å². The lowest BCUT2D eigenvalue weighted by atomic mass is 9.94. The summed E-state index contributed by atoms with van der Waals surface area (Å²) in [5.41, 5.74) is 3.08. The van der Waals surface area contributed by atoms with Crippen molar-refractivity contribution < 1.29 is 9.53 Å². The number of ether oxygens (including phenoxy) is 1. The van der Waals surface area contributed by atoms with Crippen LogP contribution in [0.1, 0.15) is 50.7 Å². The van der Waals surface area contributed by atoms with Gasteiger partial charge in [0.15, 0.2) is 0 Å². The smallest absolute Gasteiger partial charge is 0.225 e. The van der Waals surface area contributed by atoms with Gasteiger partial charge in [-0.15, -0.1) is 0 Å². The quantitative estimate of drug-likeness (QED) is 0.752. The molecular weight excluding hydrogens is 348 g/mol. The average Bonchev–Trinajstić information content (AvgIpc) is 3.36. The molecule has 154 valence electrons. The van der Waals surface area contributed by atoms with Crippen molar-refractivity contribution in [2.75, 3.05) is 32.8 Å². The lowest BCUT2D eigenvalue weighted by Crippen LogP contribution is -2.47. The van der Waals surface area contributed by atoms with Gasteiger partial charge in [-0.25, -0.2) is 0 Å². The van der Waals surface area contributed by atoms with Crippen LogP contribution in [-0.2, 0) is 22.4 Å². The highest BCUT2D eigenvalue weighted by Crippen LogP contribution is 2.29. The van der Waals surface area contributed by atoms with E-state index in [0.717, 1.165) is 32.5 Å². The van der Waals surface area contributed by atoms with Crippen molar-refractivity contribution in [2.45, 2.75) is 64.5 Å². The Morgan fingerprint density at radius 1 is 1.11 bits per heavy atom. The van der Waals surface area contributed by atoms with Gasteiger partial charge >= 0.3 is 0 Å². The van der Waals surface area contributed by atoms with Crippen molar-refractivity contribution in [2.24, 2.45) is 11.8 Å². The number of rotatable bonds is 6. The molecule has 4 heteroatoms. The molecule has 1 aromatic carbocycles. The summed E-state index contributed by atoms with van der Waals surface area (Å²) in [6.07, 6.45) is 7.31. The summed E-state index contributed by atoms with van der Waals surface area (Å²) in [6, 6.07) is 9.60. The van der Waals surface area contributed by atoms with E-state index in [1.54, 1.807) is 11.1 Å². The fraction of sp³-hybridized carbons (Fsp3) is 0.708. The molecule has 2 fully saturated rings. The molecule has 0 spiro atoms. The number of fused-ring (bicyclic) bond motifs is 1. The molecule has 0 bridgehead atoms. The van der Waals surface area contributed by atoms with Crippen LogP contribution in [0.2, 0.25) is 0 Å². The first-order valence-corrected chi connectivity index (χ1v) is 11.3. The Hall–Kier alpha value is -1.39. The molecule has 2 aliphatic heterocycles. The molecule has 0 aromatic heterocycles. The lowest BCUT2D eigenvalue weighted by molar-refractivity contribution is -0.137. The van der Waals surface area contributed by atoms with Crippen LogP contribution in [0.25, 0.3) is 0 Å². The van der Waals surface area contributed by atoms with Crippen LogP contribution in [0.4, 0.5) is 0 Å².